The lowest BCUT2D eigenvalue weighted by Crippen LogP contribution is -2.07. The first-order valence-corrected chi connectivity index (χ1v) is 7.69. The Labute approximate surface area is 124 Å². The van der Waals surface area contributed by atoms with E-state index in [1.54, 1.807) is 6.92 Å². The highest BCUT2D eigenvalue weighted by Crippen LogP contribution is 2.37. The average Bonchev–Trinajstić information content (AvgIpc) is 2.31. The van der Waals surface area contributed by atoms with Gasteiger partial charge in [-0.05, 0) is 13.3 Å². The molecule has 0 aliphatic heterocycles. The summed E-state index contributed by atoms with van der Waals surface area (Å²) in [5.74, 6) is -1.12. The molecule has 1 aromatic carbocycles. The van der Waals surface area contributed by atoms with Crippen LogP contribution in [0.2, 0.25) is 0 Å². The summed E-state index contributed by atoms with van der Waals surface area (Å²) in [5, 5.41) is 29.6. The van der Waals surface area contributed by atoms with E-state index >= 15 is 0 Å². The third kappa shape index (κ3) is 8.23. The Kier molecular flexibility index (Phi) is 8.51. The van der Waals surface area contributed by atoms with Gasteiger partial charge >= 0.3 is 10.4 Å². The van der Waals surface area contributed by atoms with Gasteiger partial charge in [0, 0.05) is 25.3 Å². The van der Waals surface area contributed by atoms with Crippen LogP contribution in [0.15, 0.2) is 12.1 Å². The SMILES string of the molecule is CCCCNc1c(O)cc(OS(=O)(=O)O)cc1O.CCO. The maximum absolute atomic E-state index is 10.5. The lowest BCUT2D eigenvalue weighted by atomic mass is 10.2. The number of rotatable bonds is 6. The van der Waals surface area contributed by atoms with Crippen molar-refractivity contribution >= 4 is 16.1 Å². The number of aliphatic hydroxyl groups is 1. The topological polar surface area (TPSA) is 136 Å². The van der Waals surface area contributed by atoms with Gasteiger partial charge in [0.05, 0.1) is 0 Å². The quantitative estimate of drug-likeness (QED) is 0.302. The summed E-state index contributed by atoms with van der Waals surface area (Å²) in [5.41, 5.74) is 0.0890. The second kappa shape index (κ2) is 9.27. The Morgan fingerprint density at radius 3 is 2.05 bits per heavy atom. The van der Waals surface area contributed by atoms with Crippen LogP contribution in [-0.4, -0.2) is 41.4 Å². The van der Waals surface area contributed by atoms with Crippen molar-refractivity contribution in [1.29, 1.82) is 0 Å². The molecule has 0 aromatic heterocycles. The van der Waals surface area contributed by atoms with E-state index in [9.17, 15) is 18.6 Å². The van der Waals surface area contributed by atoms with Crippen molar-refractivity contribution in [2.24, 2.45) is 0 Å². The van der Waals surface area contributed by atoms with Crippen LogP contribution in [0.4, 0.5) is 5.69 Å². The van der Waals surface area contributed by atoms with Gasteiger partial charge in [0.1, 0.15) is 17.2 Å². The van der Waals surface area contributed by atoms with Crippen LogP contribution >= 0.6 is 0 Å². The van der Waals surface area contributed by atoms with Gasteiger partial charge < -0.3 is 24.8 Å². The van der Waals surface area contributed by atoms with E-state index in [2.05, 4.69) is 9.50 Å². The summed E-state index contributed by atoms with van der Waals surface area (Å²) in [6.07, 6.45) is 1.79. The molecule has 5 N–H and O–H groups in total. The van der Waals surface area contributed by atoms with Crippen LogP contribution in [0.1, 0.15) is 26.7 Å². The van der Waals surface area contributed by atoms with Crippen LogP contribution in [-0.2, 0) is 10.4 Å². The Balaban J connectivity index is 0.00000122. The molecule has 0 fully saturated rings. The minimum Gasteiger partial charge on any atom is -0.505 e. The monoisotopic (exact) mass is 323 g/mol. The standard InChI is InChI=1S/C10H15NO6S.C2H6O/c1-2-3-4-11-10-8(12)5-7(6-9(10)13)17-18(14,15)16;1-2-3/h5-6,11-13H,2-4H2,1H3,(H,14,15,16);3H,2H2,1H3. The second-order valence-electron chi connectivity index (χ2n) is 3.94. The summed E-state index contributed by atoms with van der Waals surface area (Å²) in [7, 11) is -4.69. The second-order valence-corrected chi connectivity index (χ2v) is 4.97. The van der Waals surface area contributed by atoms with Crippen molar-refractivity contribution < 1.29 is 32.5 Å². The Bertz CT molecular complexity index is 507. The van der Waals surface area contributed by atoms with Crippen LogP contribution < -0.4 is 9.50 Å². The smallest absolute Gasteiger partial charge is 0.446 e. The number of phenolic OH excluding ortho intramolecular Hbond substituents is 2. The molecule has 0 aliphatic carbocycles. The van der Waals surface area contributed by atoms with Crippen molar-refractivity contribution in [1.82, 2.24) is 0 Å². The van der Waals surface area contributed by atoms with Gasteiger partial charge in [-0.15, -0.1) is 0 Å². The zero-order valence-corrected chi connectivity index (χ0v) is 12.7. The van der Waals surface area contributed by atoms with Gasteiger partial charge in [0.25, 0.3) is 0 Å². The number of benzene rings is 1. The Hall–Kier alpha value is -1.71. The number of phenols is 2. The van der Waals surface area contributed by atoms with E-state index in [1.165, 1.54) is 0 Å². The number of aromatic hydroxyl groups is 2. The molecular weight excluding hydrogens is 302 g/mol. The van der Waals surface area contributed by atoms with Crippen molar-refractivity contribution in [3.63, 3.8) is 0 Å². The molecule has 0 heterocycles. The number of nitrogens with one attached hydrogen (secondary N) is 1. The molecule has 0 amide bonds. The third-order valence-corrected chi connectivity index (χ3v) is 2.51. The number of anilines is 1. The minimum atomic E-state index is -4.69. The molecule has 0 saturated carbocycles. The van der Waals surface area contributed by atoms with Crippen LogP contribution in [0, 0.1) is 0 Å². The molecule has 0 unspecified atom stereocenters. The molecule has 21 heavy (non-hydrogen) atoms. The van der Waals surface area contributed by atoms with E-state index in [1.807, 2.05) is 6.92 Å². The molecule has 1 rings (SSSR count). The van der Waals surface area contributed by atoms with E-state index < -0.39 is 10.4 Å². The highest BCUT2D eigenvalue weighted by Gasteiger charge is 2.14. The first-order chi connectivity index (χ1) is 9.75. The molecule has 0 spiro atoms. The summed E-state index contributed by atoms with van der Waals surface area (Å²) >= 11 is 0. The molecule has 9 heteroatoms. The summed E-state index contributed by atoms with van der Waals surface area (Å²) in [6, 6.07) is 1.95. The molecule has 0 atom stereocenters. The van der Waals surface area contributed by atoms with Gasteiger partial charge in [-0.2, -0.15) is 8.42 Å². The summed E-state index contributed by atoms with van der Waals surface area (Å²) < 4.78 is 33.5. The molecule has 122 valence electrons. The number of hydrogen-bond acceptors (Lipinski definition) is 7. The molecule has 8 nitrogen and oxygen atoms in total. The van der Waals surface area contributed by atoms with Gasteiger partial charge in [-0.3, -0.25) is 4.55 Å². The maximum Gasteiger partial charge on any atom is 0.446 e. The fourth-order valence-electron chi connectivity index (χ4n) is 1.33. The fraction of sp³-hybridized carbons (Fsp3) is 0.500. The minimum absolute atomic E-state index is 0.0890. The average molecular weight is 323 g/mol. The van der Waals surface area contributed by atoms with Crippen molar-refractivity contribution in [2.45, 2.75) is 26.7 Å². The molecule has 1 aromatic rings. The van der Waals surface area contributed by atoms with Crippen LogP contribution in [0.5, 0.6) is 17.2 Å². The van der Waals surface area contributed by atoms with E-state index in [0.717, 1.165) is 25.0 Å². The van der Waals surface area contributed by atoms with Gasteiger partial charge in [0.2, 0.25) is 0 Å². The lowest BCUT2D eigenvalue weighted by molar-refractivity contribution is 0.318. The molecular formula is C12H21NO7S. The summed E-state index contributed by atoms with van der Waals surface area (Å²) in [4.78, 5) is 0. The summed E-state index contributed by atoms with van der Waals surface area (Å²) in [6.45, 7) is 4.47. The highest BCUT2D eigenvalue weighted by molar-refractivity contribution is 7.81. The normalized spacial score (nSPS) is 10.5. The first kappa shape index (κ1) is 19.3. The number of aliphatic hydroxyl groups excluding tert-OH is 1. The maximum atomic E-state index is 10.5. The first-order valence-electron chi connectivity index (χ1n) is 6.32. The number of hydrogen-bond donors (Lipinski definition) is 5. The van der Waals surface area contributed by atoms with E-state index in [-0.39, 0.29) is 29.5 Å². The molecule has 0 aliphatic rings. The zero-order valence-electron chi connectivity index (χ0n) is 11.9. The highest BCUT2D eigenvalue weighted by atomic mass is 32.3. The van der Waals surface area contributed by atoms with Crippen molar-refractivity contribution in [3.8, 4) is 17.2 Å². The molecule has 0 radical (unpaired) electrons. The lowest BCUT2D eigenvalue weighted by Gasteiger charge is -2.11. The van der Waals surface area contributed by atoms with Crippen LogP contribution in [0.25, 0.3) is 0 Å². The molecule has 0 bridgehead atoms. The zero-order chi connectivity index (χ0) is 16.5. The fourth-order valence-corrected chi connectivity index (χ4v) is 1.67. The van der Waals surface area contributed by atoms with Crippen LogP contribution in [0.3, 0.4) is 0 Å². The van der Waals surface area contributed by atoms with E-state index in [4.69, 9.17) is 9.66 Å². The third-order valence-electron chi connectivity index (χ3n) is 2.10. The Morgan fingerprint density at radius 1 is 1.19 bits per heavy atom. The Morgan fingerprint density at radius 2 is 1.67 bits per heavy atom. The largest absolute Gasteiger partial charge is 0.505 e. The van der Waals surface area contributed by atoms with Gasteiger partial charge in [0.15, 0.2) is 5.75 Å². The van der Waals surface area contributed by atoms with Gasteiger partial charge in [-0.1, -0.05) is 13.3 Å². The predicted molar refractivity (Wildman–Crippen MR) is 78.1 cm³/mol. The predicted octanol–water partition coefficient (Wildman–Crippen LogP) is 1.49. The molecule has 0 saturated heterocycles. The van der Waals surface area contributed by atoms with E-state index in [0.29, 0.717) is 6.54 Å². The van der Waals surface area contributed by atoms with Crippen molar-refractivity contribution in [2.75, 3.05) is 18.5 Å². The van der Waals surface area contributed by atoms with Gasteiger partial charge in [-0.25, -0.2) is 0 Å². The van der Waals surface area contributed by atoms with Crippen molar-refractivity contribution in [3.05, 3.63) is 12.1 Å². The number of unbranched alkanes of at least 4 members (excludes halogenated alkanes) is 1.